The molecule has 0 aliphatic rings. The standard InChI is InChI=1S/C14H13ClN2O3/c1-2-9-7-10(3-5-12(9)15)20-11-4-6-14(17(18)19)13(16)8-11/h3-8H,2,16H2,1H3. The van der Waals surface area contributed by atoms with Crippen LogP contribution in [0.1, 0.15) is 12.5 Å². The highest BCUT2D eigenvalue weighted by atomic mass is 35.5. The van der Waals surface area contributed by atoms with Crippen LogP contribution in [0, 0.1) is 10.1 Å². The van der Waals surface area contributed by atoms with Crippen LogP contribution in [-0.4, -0.2) is 4.92 Å². The van der Waals surface area contributed by atoms with Crippen LogP contribution in [0.15, 0.2) is 36.4 Å². The molecule has 0 radical (unpaired) electrons. The van der Waals surface area contributed by atoms with Crippen molar-refractivity contribution in [2.75, 3.05) is 5.73 Å². The molecule has 2 N–H and O–H groups in total. The van der Waals surface area contributed by atoms with Crippen molar-refractivity contribution >= 4 is 23.0 Å². The lowest BCUT2D eigenvalue weighted by Gasteiger charge is -2.09. The molecule has 5 nitrogen and oxygen atoms in total. The summed E-state index contributed by atoms with van der Waals surface area (Å²) in [5.74, 6) is 1.05. The van der Waals surface area contributed by atoms with Gasteiger partial charge >= 0.3 is 0 Å². The number of benzene rings is 2. The Kier molecular flexibility index (Phi) is 4.10. The molecule has 0 spiro atoms. The molecule has 0 aliphatic heterocycles. The lowest BCUT2D eigenvalue weighted by Crippen LogP contribution is -1.96. The highest BCUT2D eigenvalue weighted by Crippen LogP contribution is 2.31. The first-order valence-corrected chi connectivity index (χ1v) is 6.39. The molecule has 104 valence electrons. The first-order valence-electron chi connectivity index (χ1n) is 6.01. The van der Waals surface area contributed by atoms with Gasteiger partial charge in [-0.1, -0.05) is 18.5 Å². The lowest BCUT2D eigenvalue weighted by molar-refractivity contribution is -0.383. The molecule has 0 aromatic heterocycles. The largest absolute Gasteiger partial charge is 0.457 e. The van der Waals surface area contributed by atoms with Crippen molar-refractivity contribution < 1.29 is 9.66 Å². The number of anilines is 1. The zero-order valence-corrected chi connectivity index (χ0v) is 11.6. The van der Waals surface area contributed by atoms with Crippen LogP contribution in [0.25, 0.3) is 0 Å². The van der Waals surface area contributed by atoms with E-state index in [1.165, 1.54) is 18.2 Å². The van der Waals surface area contributed by atoms with Crippen molar-refractivity contribution in [2.45, 2.75) is 13.3 Å². The van der Waals surface area contributed by atoms with E-state index >= 15 is 0 Å². The van der Waals surface area contributed by atoms with E-state index in [0.29, 0.717) is 16.5 Å². The summed E-state index contributed by atoms with van der Waals surface area (Å²) in [6, 6.07) is 9.58. The number of nitro groups is 1. The normalized spacial score (nSPS) is 10.3. The van der Waals surface area contributed by atoms with E-state index in [0.717, 1.165) is 12.0 Å². The number of nitrogens with zero attached hydrogens (tertiary/aromatic N) is 1. The predicted molar refractivity (Wildman–Crippen MR) is 78.4 cm³/mol. The summed E-state index contributed by atoms with van der Waals surface area (Å²) in [5, 5.41) is 11.4. The molecular weight excluding hydrogens is 280 g/mol. The lowest BCUT2D eigenvalue weighted by atomic mass is 10.1. The number of rotatable bonds is 4. The number of ether oxygens (including phenoxy) is 1. The van der Waals surface area contributed by atoms with E-state index in [1.807, 2.05) is 13.0 Å². The molecule has 2 aromatic carbocycles. The maximum atomic E-state index is 10.7. The second kappa shape index (κ2) is 5.79. The van der Waals surface area contributed by atoms with Crippen molar-refractivity contribution in [3.8, 4) is 11.5 Å². The van der Waals surface area contributed by atoms with Crippen LogP contribution in [0.3, 0.4) is 0 Å². The Morgan fingerprint density at radius 1 is 1.25 bits per heavy atom. The number of aryl methyl sites for hydroxylation is 1. The molecule has 0 fully saturated rings. The number of hydrogen-bond donors (Lipinski definition) is 1. The van der Waals surface area contributed by atoms with Crippen LogP contribution in [-0.2, 0) is 6.42 Å². The summed E-state index contributed by atoms with van der Waals surface area (Å²) in [7, 11) is 0. The third kappa shape index (κ3) is 3.00. The number of nitro benzene ring substituents is 1. The maximum Gasteiger partial charge on any atom is 0.292 e. The van der Waals surface area contributed by atoms with E-state index < -0.39 is 4.92 Å². The fraction of sp³-hybridized carbons (Fsp3) is 0.143. The van der Waals surface area contributed by atoms with Crippen LogP contribution in [0.5, 0.6) is 11.5 Å². The predicted octanol–water partition coefficient (Wildman–Crippen LogP) is 4.19. The van der Waals surface area contributed by atoms with Crippen molar-refractivity contribution in [3.05, 3.63) is 57.1 Å². The van der Waals surface area contributed by atoms with Gasteiger partial charge in [-0.3, -0.25) is 10.1 Å². The van der Waals surface area contributed by atoms with Gasteiger partial charge in [0.05, 0.1) is 4.92 Å². The molecule has 2 rings (SSSR count). The highest BCUT2D eigenvalue weighted by Gasteiger charge is 2.12. The Labute approximate surface area is 121 Å². The fourth-order valence-corrected chi connectivity index (χ4v) is 2.04. The van der Waals surface area contributed by atoms with E-state index in [9.17, 15) is 10.1 Å². The first kappa shape index (κ1) is 14.1. The zero-order chi connectivity index (χ0) is 14.7. The second-order valence-electron chi connectivity index (χ2n) is 4.19. The minimum atomic E-state index is -0.531. The third-order valence-electron chi connectivity index (χ3n) is 2.83. The van der Waals surface area contributed by atoms with Crippen molar-refractivity contribution in [1.82, 2.24) is 0 Å². The molecule has 0 bridgehead atoms. The van der Waals surface area contributed by atoms with E-state index in [2.05, 4.69) is 0 Å². The quantitative estimate of drug-likeness (QED) is 0.521. The summed E-state index contributed by atoms with van der Waals surface area (Å²) in [6.45, 7) is 1.99. The van der Waals surface area contributed by atoms with Gasteiger partial charge in [-0.15, -0.1) is 0 Å². The van der Waals surface area contributed by atoms with Crippen LogP contribution in [0.2, 0.25) is 5.02 Å². The van der Waals surface area contributed by atoms with E-state index in [1.54, 1.807) is 12.1 Å². The Morgan fingerprint density at radius 3 is 2.50 bits per heavy atom. The van der Waals surface area contributed by atoms with Crippen LogP contribution < -0.4 is 10.5 Å². The summed E-state index contributed by atoms with van der Waals surface area (Å²) in [5.41, 5.74) is 6.52. The minimum absolute atomic E-state index is 0.0668. The molecular formula is C14H13ClN2O3. The molecule has 0 amide bonds. The summed E-state index contributed by atoms with van der Waals surface area (Å²) in [6.07, 6.45) is 0.790. The Bertz CT molecular complexity index is 659. The molecule has 0 aliphatic carbocycles. The van der Waals surface area contributed by atoms with Gasteiger partial charge in [0.1, 0.15) is 17.2 Å². The van der Waals surface area contributed by atoms with Gasteiger partial charge in [0.15, 0.2) is 0 Å². The number of hydrogen-bond acceptors (Lipinski definition) is 4. The van der Waals surface area contributed by atoms with Crippen molar-refractivity contribution in [2.24, 2.45) is 0 Å². The summed E-state index contributed by atoms with van der Waals surface area (Å²) < 4.78 is 5.63. The molecule has 20 heavy (non-hydrogen) atoms. The number of halogens is 1. The SMILES string of the molecule is CCc1cc(Oc2ccc([N+](=O)[O-])c(N)c2)ccc1Cl. The van der Waals surface area contributed by atoms with Gasteiger partial charge < -0.3 is 10.5 Å². The first-order chi connectivity index (χ1) is 9.51. The minimum Gasteiger partial charge on any atom is -0.457 e. The average molecular weight is 293 g/mol. The van der Waals surface area contributed by atoms with Crippen LogP contribution >= 0.6 is 11.6 Å². The summed E-state index contributed by atoms with van der Waals surface area (Å²) in [4.78, 5) is 10.2. The maximum absolute atomic E-state index is 10.7. The van der Waals surface area contributed by atoms with Gasteiger partial charge in [0, 0.05) is 17.2 Å². The van der Waals surface area contributed by atoms with Gasteiger partial charge in [0.2, 0.25) is 0 Å². The Balaban J connectivity index is 2.26. The fourth-order valence-electron chi connectivity index (χ4n) is 1.78. The molecule has 0 atom stereocenters. The highest BCUT2D eigenvalue weighted by molar-refractivity contribution is 6.31. The Hall–Kier alpha value is -2.27. The van der Waals surface area contributed by atoms with Gasteiger partial charge in [-0.25, -0.2) is 0 Å². The Morgan fingerprint density at radius 2 is 1.90 bits per heavy atom. The van der Waals surface area contributed by atoms with E-state index in [4.69, 9.17) is 22.1 Å². The number of nitrogen functional groups attached to an aromatic ring is 1. The average Bonchev–Trinajstić information content (AvgIpc) is 2.40. The topological polar surface area (TPSA) is 78.4 Å². The molecule has 0 heterocycles. The van der Waals surface area contributed by atoms with Crippen molar-refractivity contribution in [1.29, 1.82) is 0 Å². The summed E-state index contributed by atoms with van der Waals surface area (Å²) >= 11 is 6.03. The van der Waals surface area contributed by atoms with Crippen molar-refractivity contribution in [3.63, 3.8) is 0 Å². The smallest absolute Gasteiger partial charge is 0.292 e. The molecule has 2 aromatic rings. The molecule has 6 heteroatoms. The molecule has 0 unspecified atom stereocenters. The molecule has 0 saturated carbocycles. The van der Waals surface area contributed by atoms with Gasteiger partial charge in [-0.2, -0.15) is 0 Å². The van der Waals surface area contributed by atoms with Gasteiger partial charge in [-0.05, 0) is 36.2 Å². The second-order valence-corrected chi connectivity index (χ2v) is 4.59. The van der Waals surface area contributed by atoms with E-state index in [-0.39, 0.29) is 11.4 Å². The zero-order valence-electron chi connectivity index (χ0n) is 10.8. The monoisotopic (exact) mass is 292 g/mol. The molecule has 0 saturated heterocycles. The van der Waals surface area contributed by atoms with Crippen LogP contribution in [0.4, 0.5) is 11.4 Å². The third-order valence-corrected chi connectivity index (χ3v) is 3.20. The number of nitrogens with two attached hydrogens (primary N) is 1. The van der Waals surface area contributed by atoms with Gasteiger partial charge in [0.25, 0.3) is 5.69 Å².